The number of methoxy groups -OCH3 is 1. The lowest BCUT2D eigenvalue weighted by molar-refractivity contribution is -0.00878. The maximum Gasteiger partial charge on any atom is 0.212 e. The van der Waals surface area contributed by atoms with E-state index in [0.29, 0.717) is 40.5 Å². The number of aromatic nitrogens is 5. The second kappa shape index (κ2) is 9.31. The summed E-state index contributed by atoms with van der Waals surface area (Å²) in [6.45, 7) is 6.17. The summed E-state index contributed by atoms with van der Waals surface area (Å²) < 4.78 is 14.4. The Hall–Kier alpha value is -4.14. The Bertz CT molecular complexity index is 1490. The Morgan fingerprint density at radius 1 is 1.18 bits per heavy atom. The van der Waals surface area contributed by atoms with Crippen LogP contribution in [0.15, 0.2) is 49.1 Å². The molecule has 3 saturated heterocycles. The van der Waals surface area contributed by atoms with Gasteiger partial charge in [-0.1, -0.05) is 6.07 Å². The van der Waals surface area contributed by atoms with E-state index in [-0.39, 0.29) is 6.61 Å². The topological polar surface area (TPSA) is 117 Å². The smallest absolute Gasteiger partial charge is 0.212 e. The lowest BCUT2D eigenvalue weighted by atomic mass is 9.87. The molecule has 0 saturated carbocycles. The molecule has 0 radical (unpaired) electrons. The van der Waals surface area contributed by atoms with Crippen LogP contribution in [0.3, 0.4) is 0 Å². The van der Waals surface area contributed by atoms with Gasteiger partial charge in [-0.05, 0) is 25.8 Å². The van der Waals surface area contributed by atoms with E-state index in [9.17, 15) is 10.4 Å². The number of nitrogens with zero attached hydrogens (tertiary/aromatic N) is 8. The van der Waals surface area contributed by atoms with Gasteiger partial charge >= 0.3 is 0 Å². The van der Waals surface area contributed by atoms with Crippen LogP contribution in [0.25, 0.3) is 11.2 Å². The molecule has 11 nitrogen and oxygen atoms in total. The van der Waals surface area contributed by atoms with Crippen LogP contribution in [-0.4, -0.2) is 78.9 Å². The van der Waals surface area contributed by atoms with E-state index in [0.717, 1.165) is 25.5 Å². The van der Waals surface area contributed by atoms with E-state index in [1.165, 1.54) is 18.2 Å². The first-order valence-corrected chi connectivity index (χ1v) is 12.6. The van der Waals surface area contributed by atoms with Crippen molar-refractivity contribution in [3.05, 3.63) is 60.2 Å². The second-order valence-electron chi connectivity index (χ2n) is 10.6. The number of hydrogen-bond acceptors (Lipinski definition) is 9. The maximum absolute atomic E-state index is 10.1. The van der Waals surface area contributed by atoms with E-state index in [2.05, 4.69) is 32.0 Å². The fraction of sp³-hybridized carbons (Fsp3) is 0.407. The Morgan fingerprint density at radius 3 is 2.68 bits per heavy atom. The van der Waals surface area contributed by atoms with Gasteiger partial charge in [0.1, 0.15) is 23.9 Å². The average Bonchev–Trinajstić information content (AvgIpc) is 3.58. The summed E-state index contributed by atoms with van der Waals surface area (Å²) in [5.41, 5.74) is 1.99. The summed E-state index contributed by atoms with van der Waals surface area (Å²) in [6.07, 6.45) is 8.22. The van der Waals surface area contributed by atoms with Crippen LogP contribution in [0.4, 0.5) is 5.82 Å². The summed E-state index contributed by atoms with van der Waals surface area (Å²) in [5.74, 6) is 2.05. The Labute approximate surface area is 220 Å². The fourth-order valence-electron chi connectivity index (χ4n) is 5.26. The highest BCUT2D eigenvalue weighted by molar-refractivity contribution is 5.73. The van der Waals surface area contributed by atoms with Gasteiger partial charge in [0, 0.05) is 62.3 Å². The Balaban J connectivity index is 1.21. The van der Waals surface area contributed by atoms with Crippen molar-refractivity contribution in [1.29, 1.82) is 5.26 Å². The van der Waals surface area contributed by atoms with E-state index in [4.69, 9.17) is 14.6 Å². The summed E-state index contributed by atoms with van der Waals surface area (Å²) in [4.78, 5) is 9.20. The number of aliphatic hydroxyl groups is 1. The predicted octanol–water partition coefficient (Wildman–Crippen LogP) is 2.41. The molecule has 0 aromatic carbocycles. The quantitative estimate of drug-likeness (QED) is 0.378. The number of anilines is 1. The first-order chi connectivity index (χ1) is 18.3. The molecule has 0 spiro atoms. The summed E-state index contributed by atoms with van der Waals surface area (Å²) >= 11 is 0. The minimum Gasteiger partial charge on any atom is -0.489 e. The molecule has 196 valence electrons. The van der Waals surface area contributed by atoms with Crippen molar-refractivity contribution in [3.8, 4) is 23.4 Å². The highest BCUT2D eigenvalue weighted by Crippen LogP contribution is 2.36. The number of piperazine rings is 1. The van der Waals surface area contributed by atoms with Gasteiger partial charge < -0.3 is 19.5 Å². The number of hydrogen-bond donors (Lipinski definition) is 1. The number of rotatable bonds is 8. The number of pyridine rings is 2. The first kappa shape index (κ1) is 24.2. The Morgan fingerprint density at radius 2 is 2.00 bits per heavy atom. The molecular formula is C27H30N8O3. The zero-order chi connectivity index (χ0) is 26.4. The molecule has 3 fully saturated rings. The molecule has 2 unspecified atom stereocenters. The standard InChI is InChI=1S/C27H30N8O3/c1-27(2,36)17-38-22-9-23(26-19(10-28)12-30-35(26)16-22)34-7-6-24(31-34)32-14-20-8-21(15-32)33(20)13-18-4-5-25(37-3)29-11-18/h4-7,9,11-12,16,20-21,36H,8,13-15,17H2,1-3H3. The van der Waals surface area contributed by atoms with Gasteiger partial charge in [0.05, 0.1) is 36.4 Å². The van der Waals surface area contributed by atoms with Crippen LogP contribution in [0, 0.1) is 11.3 Å². The van der Waals surface area contributed by atoms with Crippen molar-refractivity contribution in [1.82, 2.24) is 29.3 Å². The van der Waals surface area contributed by atoms with Crippen molar-refractivity contribution in [2.75, 3.05) is 31.7 Å². The zero-order valence-corrected chi connectivity index (χ0v) is 21.7. The van der Waals surface area contributed by atoms with E-state index in [1.807, 2.05) is 30.6 Å². The van der Waals surface area contributed by atoms with Gasteiger partial charge in [0.25, 0.3) is 0 Å². The van der Waals surface area contributed by atoms with Crippen LogP contribution in [-0.2, 0) is 6.54 Å². The van der Waals surface area contributed by atoms with Crippen LogP contribution < -0.4 is 14.4 Å². The van der Waals surface area contributed by atoms with Crippen molar-refractivity contribution in [3.63, 3.8) is 0 Å². The van der Waals surface area contributed by atoms with Gasteiger partial charge in [-0.25, -0.2) is 14.2 Å². The normalized spacial score (nSPS) is 19.3. The second-order valence-corrected chi connectivity index (χ2v) is 10.6. The van der Waals surface area contributed by atoms with Crippen LogP contribution in [0.5, 0.6) is 11.6 Å². The molecule has 3 aliphatic heterocycles. The molecule has 4 aromatic heterocycles. The number of nitriles is 1. The third-order valence-electron chi connectivity index (χ3n) is 7.14. The lowest BCUT2D eigenvalue weighted by Gasteiger charge is -2.56. The number of piperidine rings is 1. The average molecular weight is 515 g/mol. The molecule has 0 amide bonds. The summed E-state index contributed by atoms with van der Waals surface area (Å²) in [5, 5.41) is 29.0. The maximum atomic E-state index is 10.1. The van der Waals surface area contributed by atoms with Gasteiger partial charge in [0.2, 0.25) is 5.88 Å². The molecule has 7 rings (SSSR count). The molecule has 7 heterocycles. The van der Waals surface area contributed by atoms with Crippen molar-refractivity contribution in [2.24, 2.45) is 0 Å². The summed E-state index contributed by atoms with van der Waals surface area (Å²) in [7, 11) is 1.63. The van der Waals surface area contributed by atoms with Crippen molar-refractivity contribution in [2.45, 2.75) is 44.5 Å². The molecule has 11 heteroatoms. The van der Waals surface area contributed by atoms with Crippen molar-refractivity contribution >= 4 is 11.3 Å². The largest absolute Gasteiger partial charge is 0.489 e. The predicted molar refractivity (Wildman–Crippen MR) is 140 cm³/mol. The van der Waals surface area contributed by atoms with Crippen LogP contribution in [0.2, 0.25) is 0 Å². The van der Waals surface area contributed by atoms with Crippen molar-refractivity contribution < 1.29 is 14.6 Å². The minimum absolute atomic E-state index is 0.119. The third kappa shape index (κ3) is 4.53. The number of ether oxygens (including phenoxy) is 2. The molecule has 2 atom stereocenters. The highest BCUT2D eigenvalue weighted by atomic mass is 16.5. The monoisotopic (exact) mass is 514 g/mol. The molecule has 3 aliphatic rings. The fourth-order valence-corrected chi connectivity index (χ4v) is 5.26. The molecule has 4 aromatic rings. The molecule has 1 N–H and O–H groups in total. The first-order valence-electron chi connectivity index (χ1n) is 12.6. The van der Waals surface area contributed by atoms with Gasteiger partial charge in [0.15, 0.2) is 5.82 Å². The SMILES string of the molecule is COc1ccc(CN2C3CC2CN(c2ccn(-c4cc(OCC(C)(C)O)cn5ncc(C#N)c45)n2)C3)cn1. The molecule has 2 bridgehead atoms. The minimum atomic E-state index is -0.983. The van der Waals surface area contributed by atoms with E-state index >= 15 is 0 Å². The van der Waals surface area contributed by atoms with Gasteiger partial charge in [-0.15, -0.1) is 0 Å². The molecule has 38 heavy (non-hydrogen) atoms. The van der Waals surface area contributed by atoms with Gasteiger partial charge in [-0.3, -0.25) is 4.90 Å². The lowest BCUT2D eigenvalue weighted by Crippen LogP contribution is -2.68. The molecule has 0 aliphatic carbocycles. The number of fused-ring (bicyclic) bond motifs is 3. The van der Waals surface area contributed by atoms with Gasteiger partial charge in [-0.2, -0.15) is 15.5 Å². The van der Waals surface area contributed by atoms with Crippen LogP contribution >= 0.6 is 0 Å². The highest BCUT2D eigenvalue weighted by Gasteiger charge is 2.44. The van der Waals surface area contributed by atoms with Crippen LogP contribution in [0.1, 0.15) is 31.4 Å². The van der Waals surface area contributed by atoms with E-state index in [1.54, 1.807) is 36.4 Å². The molecular weight excluding hydrogens is 484 g/mol. The summed E-state index contributed by atoms with van der Waals surface area (Å²) in [6, 6.07) is 11.0. The third-order valence-corrected chi connectivity index (χ3v) is 7.14. The Kier molecular flexibility index (Phi) is 5.93. The van der Waals surface area contributed by atoms with E-state index < -0.39 is 5.60 Å². The zero-order valence-electron chi connectivity index (χ0n) is 21.7.